The third-order valence-corrected chi connectivity index (χ3v) is 4.99. The first-order valence-corrected chi connectivity index (χ1v) is 8.18. The minimum atomic E-state index is 0.0717. The van der Waals surface area contributed by atoms with Crippen molar-refractivity contribution in [3.8, 4) is 11.1 Å². The minimum Gasteiger partial charge on any atom is -0.332 e. The van der Waals surface area contributed by atoms with Crippen LogP contribution in [-0.4, -0.2) is 32.8 Å². The van der Waals surface area contributed by atoms with Gasteiger partial charge in [-0.05, 0) is 40.8 Å². The molecule has 0 fully saturated rings. The highest BCUT2D eigenvalue weighted by Crippen LogP contribution is 2.36. The number of carbonyl (C=O) groups is 1. The normalized spacial score (nSPS) is 14.9. The van der Waals surface area contributed by atoms with E-state index in [9.17, 15) is 4.79 Å². The molecule has 2 aliphatic rings. The molecule has 1 amide bonds. The maximum Gasteiger partial charge on any atom is 0.254 e. The third-order valence-electron chi connectivity index (χ3n) is 4.99. The maximum absolute atomic E-state index is 12.9. The van der Waals surface area contributed by atoms with Crippen LogP contribution >= 0.6 is 0 Å². The van der Waals surface area contributed by atoms with Gasteiger partial charge in [-0.15, -0.1) is 0 Å². The van der Waals surface area contributed by atoms with Crippen LogP contribution in [0.1, 0.15) is 32.9 Å². The maximum atomic E-state index is 12.9. The van der Waals surface area contributed by atoms with E-state index in [0.29, 0.717) is 13.1 Å². The second-order valence-electron chi connectivity index (χ2n) is 6.40. The molecule has 0 unspecified atom stereocenters. The molecule has 5 nitrogen and oxygen atoms in total. The Morgan fingerprint density at radius 3 is 2.79 bits per heavy atom. The lowest BCUT2D eigenvalue weighted by atomic mass is 10.0. The molecule has 5 rings (SSSR count). The van der Waals surface area contributed by atoms with Crippen LogP contribution in [0.25, 0.3) is 11.1 Å². The minimum absolute atomic E-state index is 0.0717. The van der Waals surface area contributed by atoms with E-state index in [1.54, 1.807) is 0 Å². The van der Waals surface area contributed by atoms with Crippen LogP contribution < -0.4 is 0 Å². The first-order valence-electron chi connectivity index (χ1n) is 8.18. The van der Waals surface area contributed by atoms with Crippen LogP contribution in [0.4, 0.5) is 0 Å². The summed E-state index contributed by atoms with van der Waals surface area (Å²) in [5.41, 5.74) is 7.72. The van der Waals surface area contributed by atoms with Crippen LogP contribution in [0.15, 0.2) is 42.5 Å². The standard InChI is InChI=1S/C19H16N4O/c24-19(23-8-7-17-18(11-23)21-22-20-17)13-5-6-16-14(10-13)9-12-3-1-2-4-15(12)16/h1-6,10H,7-9,11H2,(H,20,21,22). The van der Waals surface area contributed by atoms with Crippen LogP contribution in [0, 0.1) is 0 Å². The molecule has 3 aromatic rings. The lowest BCUT2D eigenvalue weighted by molar-refractivity contribution is 0.0732. The second-order valence-corrected chi connectivity index (χ2v) is 6.40. The first-order chi connectivity index (χ1) is 11.8. The summed E-state index contributed by atoms with van der Waals surface area (Å²) < 4.78 is 0. The van der Waals surface area contributed by atoms with E-state index in [1.165, 1.54) is 22.3 Å². The van der Waals surface area contributed by atoms with Gasteiger partial charge < -0.3 is 4.90 Å². The highest BCUT2D eigenvalue weighted by Gasteiger charge is 2.26. The number of aromatic nitrogens is 3. The fourth-order valence-electron chi connectivity index (χ4n) is 3.74. The molecule has 2 heterocycles. The van der Waals surface area contributed by atoms with Gasteiger partial charge in [0, 0.05) is 18.5 Å². The molecule has 2 aromatic carbocycles. The molecule has 0 radical (unpaired) electrons. The summed E-state index contributed by atoms with van der Waals surface area (Å²) in [6.07, 6.45) is 1.66. The number of hydrogen-bond acceptors (Lipinski definition) is 3. The first kappa shape index (κ1) is 13.5. The zero-order valence-corrected chi connectivity index (χ0v) is 13.1. The number of fused-ring (bicyclic) bond motifs is 4. The molecule has 0 atom stereocenters. The van der Waals surface area contributed by atoms with E-state index in [4.69, 9.17) is 0 Å². The van der Waals surface area contributed by atoms with Gasteiger partial charge in [0.2, 0.25) is 0 Å². The molecule has 5 heteroatoms. The highest BCUT2D eigenvalue weighted by molar-refractivity contribution is 5.95. The molecule has 1 aliphatic carbocycles. The molecule has 118 valence electrons. The van der Waals surface area contributed by atoms with Crippen LogP contribution in [0.3, 0.4) is 0 Å². The zero-order chi connectivity index (χ0) is 16.1. The quantitative estimate of drug-likeness (QED) is 0.587. The van der Waals surface area contributed by atoms with Crippen LogP contribution in [0.5, 0.6) is 0 Å². The number of hydrogen-bond donors (Lipinski definition) is 1. The molecule has 0 saturated heterocycles. The van der Waals surface area contributed by atoms with Gasteiger partial charge in [-0.1, -0.05) is 30.3 Å². The molecule has 1 N–H and O–H groups in total. The molecule has 0 spiro atoms. The van der Waals surface area contributed by atoms with Crippen molar-refractivity contribution in [2.75, 3.05) is 6.54 Å². The molecular formula is C19H16N4O. The SMILES string of the molecule is O=C(c1ccc2c(c1)Cc1ccccc1-2)N1CCc2n[nH]nc2C1. The van der Waals surface area contributed by atoms with E-state index in [1.807, 2.05) is 11.0 Å². The van der Waals surface area contributed by atoms with Crippen LogP contribution in [-0.2, 0) is 19.4 Å². The van der Waals surface area contributed by atoms with E-state index in [-0.39, 0.29) is 5.91 Å². The monoisotopic (exact) mass is 316 g/mol. The number of carbonyl (C=O) groups excluding carboxylic acids is 1. The van der Waals surface area contributed by atoms with Gasteiger partial charge in [0.25, 0.3) is 5.91 Å². The number of H-pyrrole nitrogens is 1. The Balaban J connectivity index is 1.45. The molecule has 0 saturated carbocycles. The van der Waals surface area contributed by atoms with Crippen molar-refractivity contribution in [2.45, 2.75) is 19.4 Å². The number of benzene rings is 2. The van der Waals surface area contributed by atoms with Gasteiger partial charge in [-0.2, -0.15) is 15.4 Å². The zero-order valence-electron chi connectivity index (χ0n) is 13.1. The molecule has 24 heavy (non-hydrogen) atoms. The number of nitrogens with one attached hydrogen (secondary N) is 1. The van der Waals surface area contributed by atoms with Gasteiger partial charge in [-0.3, -0.25) is 4.79 Å². The van der Waals surface area contributed by atoms with Gasteiger partial charge >= 0.3 is 0 Å². The molecule has 1 aliphatic heterocycles. The lowest BCUT2D eigenvalue weighted by Gasteiger charge is -2.25. The highest BCUT2D eigenvalue weighted by atomic mass is 16.2. The summed E-state index contributed by atoms with van der Waals surface area (Å²) in [6.45, 7) is 1.22. The number of rotatable bonds is 1. The molecular weight excluding hydrogens is 300 g/mol. The van der Waals surface area contributed by atoms with E-state index < -0.39 is 0 Å². The fourth-order valence-corrected chi connectivity index (χ4v) is 3.74. The topological polar surface area (TPSA) is 61.9 Å². The smallest absolute Gasteiger partial charge is 0.254 e. The van der Waals surface area contributed by atoms with Gasteiger partial charge in [0.15, 0.2) is 0 Å². The summed E-state index contributed by atoms with van der Waals surface area (Å²) in [4.78, 5) is 14.7. The van der Waals surface area contributed by atoms with Crippen molar-refractivity contribution in [1.82, 2.24) is 20.3 Å². The van der Waals surface area contributed by atoms with E-state index in [0.717, 1.165) is 29.8 Å². The van der Waals surface area contributed by atoms with Crippen molar-refractivity contribution in [3.63, 3.8) is 0 Å². The van der Waals surface area contributed by atoms with E-state index in [2.05, 4.69) is 51.8 Å². The Morgan fingerprint density at radius 2 is 1.83 bits per heavy atom. The number of nitrogens with zero attached hydrogens (tertiary/aromatic N) is 3. The van der Waals surface area contributed by atoms with Gasteiger partial charge in [0.05, 0.1) is 12.2 Å². The number of amides is 1. The van der Waals surface area contributed by atoms with Crippen molar-refractivity contribution in [1.29, 1.82) is 0 Å². The summed E-state index contributed by atoms with van der Waals surface area (Å²) >= 11 is 0. The van der Waals surface area contributed by atoms with Crippen molar-refractivity contribution in [2.24, 2.45) is 0 Å². The third kappa shape index (κ3) is 1.98. The average molecular weight is 316 g/mol. The second kappa shape index (κ2) is 5.03. The van der Waals surface area contributed by atoms with Crippen LogP contribution in [0.2, 0.25) is 0 Å². The van der Waals surface area contributed by atoms with Gasteiger partial charge in [-0.25, -0.2) is 0 Å². The van der Waals surface area contributed by atoms with Crippen molar-refractivity contribution >= 4 is 5.91 Å². The Bertz CT molecular complexity index is 960. The summed E-state index contributed by atoms with van der Waals surface area (Å²) in [5, 5.41) is 10.9. The lowest BCUT2D eigenvalue weighted by Crippen LogP contribution is -2.36. The Hall–Kier alpha value is -2.95. The predicted octanol–water partition coefficient (Wildman–Crippen LogP) is 2.57. The average Bonchev–Trinajstić information content (AvgIpc) is 3.23. The summed E-state index contributed by atoms with van der Waals surface area (Å²) in [7, 11) is 0. The number of aromatic amines is 1. The van der Waals surface area contributed by atoms with Gasteiger partial charge in [0.1, 0.15) is 5.69 Å². The molecule has 0 bridgehead atoms. The fraction of sp³-hybridized carbons (Fsp3) is 0.211. The predicted molar refractivity (Wildman–Crippen MR) is 89.5 cm³/mol. The Labute approximate surface area is 139 Å². The largest absolute Gasteiger partial charge is 0.332 e. The Morgan fingerprint density at radius 1 is 1.00 bits per heavy atom. The summed E-state index contributed by atoms with van der Waals surface area (Å²) in [6, 6.07) is 14.5. The van der Waals surface area contributed by atoms with E-state index >= 15 is 0 Å². The molecule has 1 aromatic heterocycles. The summed E-state index contributed by atoms with van der Waals surface area (Å²) in [5.74, 6) is 0.0717. The Kier molecular flexibility index (Phi) is 2.82. The van der Waals surface area contributed by atoms with Crippen molar-refractivity contribution in [3.05, 3.63) is 70.5 Å². The van der Waals surface area contributed by atoms with Crippen molar-refractivity contribution < 1.29 is 4.79 Å².